The van der Waals surface area contributed by atoms with Crippen molar-refractivity contribution in [2.75, 3.05) is 5.32 Å². The second kappa shape index (κ2) is 5.38. The molecular formula is C19H15N3O2. The van der Waals surface area contributed by atoms with Gasteiger partial charge in [0.2, 0.25) is 5.91 Å². The summed E-state index contributed by atoms with van der Waals surface area (Å²) in [6, 6.07) is 15.3. The summed E-state index contributed by atoms with van der Waals surface area (Å²) in [4.78, 5) is 23.6. The fourth-order valence-corrected chi connectivity index (χ4v) is 3.13. The number of primary amides is 1. The first-order valence-corrected chi connectivity index (χ1v) is 7.62. The number of fused-ring (bicyclic) bond motifs is 2. The van der Waals surface area contributed by atoms with Crippen molar-refractivity contribution in [2.24, 2.45) is 5.73 Å². The molecule has 4 rings (SSSR count). The summed E-state index contributed by atoms with van der Waals surface area (Å²) in [7, 11) is 0. The van der Waals surface area contributed by atoms with Crippen molar-refractivity contribution in [1.82, 2.24) is 4.57 Å². The number of hydrogen-bond acceptors (Lipinski definition) is 2. The van der Waals surface area contributed by atoms with Gasteiger partial charge in [0.1, 0.15) is 6.54 Å². The number of rotatable bonds is 3. The molecule has 0 radical (unpaired) electrons. The molecule has 1 aromatic heterocycles. The first-order chi connectivity index (χ1) is 11.6. The van der Waals surface area contributed by atoms with Crippen molar-refractivity contribution in [3.8, 4) is 0 Å². The van der Waals surface area contributed by atoms with Crippen LogP contribution in [0.1, 0.15) is 11.1 Å². The van der Waals surface area contributed by atoms with E-state index in [0.29, 0.717) is 5.57 Å². The van der Waals surface area contributed by atoms with Crippen LogP contribution in [0, 0.1) is 0 Å². The zero-order valence-electron chi connectivity index (χ0n) is 12.8. The number of nitrogens with one attached hydrogen (secondary N) is 1. The first-order valence-electron chi connectivity index (χ1n) is 7.62. The second-order valence-electron chi connectivity index (χ2n) is 5.75. The Balaban J connectivity index is 1.89. The lowest BCUT2D eigenvalue weighted by Gasteiger charge is -2.00. The third-order valence-electron chi connectivity index (χ3n) is 4.16. The molecule has 24 heavy (non-hydrogen) atoms. The van der Waals surface area contributed by atoms with Gasteiger partial charge in [-0.25, -0.2) is 0 Å². The van der Waals surface area contributed by atoms with Gasteiger partial charge in [-0.1, -0.05) is 36.4 Å². The molecule has 0 aliphatic carbocycles. The molecule has 1 aliphatic heterocycles. The molecule has 5 heteroatoms. The van der Waals surface area contributed by atoms with Gasteiger partial charge in [-0.05, 0) is 18.2 Å². The van der Waals surface area contributed by atoms with Crippen LogP contribution in [-0.4, -0.2) is 16.4 Å². The number of amides is 2. The van der Waals surface area contributed by atoms with Gasteiger partial charge in [-0.15, -0.1) is 0 Å². The lowest BCUT2D eigenvalue weighted by molar-refractivity contribution is -0.118. The normalized spacial score (nSPS) is 14.8. The zero-order valence-corrected chi connectivity index (χ0v) is 12.8. The van der Waals surface area contributed by atoms with Gasteiger partial charge >= 0.3 is 0 Å². The quantitative estimate of drug-likeness (QED) is 0.729. The smallest absolute Gasteiger partial charge is 0.256 e. The van der Waals surface area contributed by atoms with E-state index in [2.05, 4.69) is 5.32 Å². The largest absolute Gasteiger partial charge is 0.368 e. The molecule has 5 nitrogen and oxygen atoms in total. The summed E-state index contributed by atoms with van der Waals surface area (Å²) in [6.07, 6.45) is 3.72. The fraction of sp³-hybridized carbons (Fsp3) is 0.0526. The number of hydrogen-bond donors (Lipinski definition) is 2. The highest BCUT2D eigenvalue weighted by molar-refractivity contribution is 6.35. The highest BCUT2D eigenvalue weighted by Crippen LogP contribution is 2.34. The molecule has 2 amide bonds. The average molecular weight is 317 g/mol. The van der Waals surface area contributed by atoms with Gasteiger partial charge in [0.25, 0.3) is 5.91 Å². The maximum atomic E-state index is 12.3. The number of nitrogens with two attached hydrogens (primary N) is 1. The first kappa shape index (κ1) is 14.3. The third-order valence-corrected chi connectivity index (χ3v) is 4.16. The highest BCUT2D eigenvalue weighted by atomic mass is 16.2. The summed E-state index contributed by atoms with van der Waals surface area (Å²) in [6.45, 7) is 0.104. The Morgan fingerprint density at radius 3 is 2.71 bits per heavy atom. The predicted octanol–water partition coefficient (Wildman–Crippen LogP) is 2.62. The number of carbonyl (C=O) groups is 2. The average Bonchev–Trinajstić information content (AvgIpc) is 3.06. The molecule has 0 unspecified atom stereocenters. The SMILES string of the molecule is NC(=O)Cn1cc(C=C2C(=O)Nc3ccccc32)c2ccccc21. The van der Waals surface area contributed by atoms with Crippen molar-refractivity contribution in [3.63, 3.8) is 0 Å². The van der Waals surface area contributed by atoms with Crippen LogP contribution in [0.5, 0.6) is 0 Å². The lowest BCUT2D eigenvalue weighted by Crippen LogP contribution is -2.17. The second-order valence-corrected chi connectivity index (χ2v) is 5.75. The maximum absolute atomic E-state index is 12.3. The molecule has 2 heterocycles. The molecule has 0 saturated carbocycles. The minimum absolute atomic E-state index is 0.104. The van der Waals surface area contributed by atoms with E-state index in [9.17, 15) is 9.59 Å². The van der Waals surface area contributed by atoms with E-state index in [0.717, 1.165) is 27.7 Å². The van der Waals surface area contributed by atoms with E-state index in [1.54, 1.807) is 0 Å². The topological polar surface area (TPSA) is 77.1 Å². The number of aromatic nitrogens is 1. The van der Waals surface area contributed by atoms with Crippen LogP contribution in [0.4, 0.5) is 5.69 Å². The van der Waals surface area contributed by atoms with Gasteiger partial charge in [0.05, 0.1) is 0 Å². The van der Waals surface area contributed by atoms with Gasteiger partial charge in [0.15, 0.2) is 0 Å². The molecule has 0 bridgehead atoms. The van der Waals surface area contributed by atoms with Gasteiger partial charge in [-0.2, -0.15) is 0 Å². The monoisotopic (exact) mass is 317 g/mol. The summed E-state index contributed by atoms with van der Waals surface area (Å²) in [5.74, 6) is -0.526. The third kappa shape index (κ3) is 2.27. The Kier molecular flexibility index (Phi) is 3.20. The van der Waals surface area contributed by atoms with Gasteiger partial charge in [-0.3, -0.25) is 9.59 Å². The van der Waals surface area contributed by atoms with Gasteiger partial charge < -0.3 is 15.6 Å². The number of benzene rings is 2. The minimum atomic E-state index is -0.404. The van der Waals surface area contributed by atoms with E-state index in [-0.39, 0.29) is 12.5 Å². The van der Waals surface area contributed by atoms with Crippen LogP contribution >= 0.6 is 0 Å². The molecular weight excluding hydrogens is 302 g/mol. The zero-order chi connectivity index (χ0) is 16.7. The molecule has 3 N–H and O–H groups in total. The Labute approximate surface area is 138 Å². The molecule has 0 saturated heterocycles. The van der Waals surface area contributed by atoms with Crippen LogP contribution in [0.2, 0.25) is 0 Å². The van der Waals surface area contributed by atoms with E-state index in [1.165, 1.54) is 0 Å². The lowest BCUT2D eigenvalue weighted by atomic mass is 10.0. The van der Waals surface area contributed by atoms with Crippen LogP contribution < -0.4 is 11.1 Å². The Morgan fingerprint density at radius 1 is 1.12 bits per heavy atom. The number of anilines is 1. The predicted molar refractivity (Wildman–Crippen MR) is 94.1 cm³/mol. The maximum Gasteiger partial charge on any atom is 0.256 e. The van der Waals surface area contributed by atoms with Crippen molar-refractivity contribution in [3.05, 3.63) is 65.9 Å². The summed E-state index contributed by atoms with van der Waals surface area (Å²) >= 11 is 0. The highest BCUT2D eigenvalue weighted by Gasteiger charge is 2.23. The van der Waals surface area contributed by atoms with Crippen molar-refractivity contribution < 1.29 is 9.59 Å². The molecule has 0 atom stereocenters. The van der Waals surface area contributed by atoms with Crippen LogP contribution in [0.3, 0.4) is 0 Å². The van der Waals surface area contributed by atoms with E-state index in [1.807, 2.05) is 65.4 Å². The number of nitrogens with zero attached hydrogens (tertiary/aromatic N) is 1. The van der Waals surface area contributed by atoms with E-state index < -0.39 is 5.91 Å². The van der Waals surface area contributed by atoms with Crippen LogP contribution in [-0.2, 0) is 16.1 Å². The standard InChI is InChI=1S/C19H15N3O2/c20-18(23)11-22-10-12(13-5-2-4-8-17(13)22)9-15-14-6-1-3-7-16(14)21-19(15)24/h1-10H,11H2,(H2,20,23)(H,21,24). The van der Waals surface area contributed by atoms with Crippen molar-refractivity contribution >= 4 is 40.1 Å². The van der Waals surface area contributed by atoms with E-state index in [4.69, 9.17) is 5.73 Å². The summed E-state index contributed by atoms with van der Waals surface area (Å²) in [5, 5.41) is 3.84. The Hall–Kier alpha value is -3.34. The Bertz CT molecular complexity index is 1010. The van der Waals surface area contributed by atoms with Crippen molar-refractivity contribution in [1.29, 1.82) is 0 Å². The van der Waals surface area contributed by atoms with E-state index >= 15 is 0 Å². The van der Waals surface area contributed by atoms with Gasteiger partial charge in [0, 0.05) is 39.5 Å². The molecule has 1 aliphatic rings. The minimum Gasteiger partial charge on any atom is -0.368 e. The van der Waals surface area contributed by atoms with Crippen LogP contribution in [0.15, 0.2) is 54.7 Å². The summed E-state index contributed by atoms with van der Waals surface area (Å²) in [5.41, 5.74) is 9.45. The molecule has 2 aromatic carbocycles. The fourth-order valence-electron chi connectivity index (χ4n) is 3.13. The van der Waals surface area contributed by atoms with Crippen LogP contribution in [0.25, 0.3) is 22.6 Å². The number of carbonyl (C=O) groups excluding carboxylic acids is 2. The Morgan fingerprint density at radius 2 is 1.88 bits per heavy atom. The summed E-state index contributed by atoms with van der Waals surface area (Å²) < 4.78 is 1.81. The molecule has 0 spiro atoms. The molecule has 118 valence electrons. The number of para-hydroxylation sites is 2. The van der Waals surface area contributed by atoms with Crippen molar-refractivity contribution in [2.45, 2.75) is 6.54 Å². The molecule has 3 aromatic rings. The molecule has 0 fully saturated rings.